The highest BCUT2D eigenvalue weighted by Gasteiger charge is 2.19. The van der Waals surface area contributed by atoms with E-state index in [-0.39, 0.29) is 0 Å². The summed E-state index contributed by atoms with van der Waals surface area (Å²) in [5, 5.41) is 8.63. The summed E-state index contributed by atoms with van der Waals surface area (Å²) in [5.41, 5.74) is 9.92. The lowest BCUT2D eigenvalue weighted by molar-refractivity contribution is 0.148. The lowest BCUT2D eigenvalue weighted by atomic mass is 9.99. The molecule has 1 fully saturated rings. The second kappa shape index (κ2) is 10.7. The maximum absolute atomic E-state index is 4.97. The van der Waals surface area contributed by atoms with Crippen LogP contribution >= 0.6 is 0 Å². The van der Waals surface area contributed by atoms with Gasteiger partial charge < -0.3 is 4.90 Å². The Hall–Kier alpha value is -3.33. The average Bonchev–Trinajstić information content (AvgIpc) is 3.29. The molecular formula is C31H35N5. The molecule has 0 radical (unpaired) electrons. The highest BCUT2D eigenvalue weighted by molar-refractivity contribution is 6.06. The lowest BCUT2D eigenvalue weighted by Crippen LogP contribution is -2.43. The third kappa shape index (κ3) is 5.90. The van der Waals surface area contributed by atoms with Gasteiger partial charge in [0.05, 0.1) is 17.1 Å². The summed E-state index contributed by atoms with van der Waals surface area (Å²) in [6.45, 7) is 12.0. The van der Waals surface area contributed by atoms with Crippen LogP contribution in [0.1, 0.15) is 53.1 Å². The second-order valence-corrected chi connectivity index (χ2v) is 10.6. The van der Waals surface area contributed by atoms with Crippen LogP contribution in [0.4, 0.5) is 5.69 Å². The van der Waals surface area contributed by atoms with E-state index in [0.717, 1.165) is 79.3 Å². The topological polar surface area (TPSA) is 44.6 Å². The molecule has 0 bridgehead atoms. The molecule has 5 nitrogen and oxygen atoms in total. The van der Waals surface area contributed by atoms with Crippen LogP contribution in [0.5, 0.6) is 0 Å². The van der Waals surface area contributed by atoms with Crippen molar-refractivity contribution in [3.05, 3.63) is 87.7 Å². The Kier molecular flexibility index (Phi) is 7.27. The molecule has 184 valence electrons. The molecule has 0 atom stereocenters. The van der Waals surface area contributed by atoms with Gasteiger partial charge in [-0.25, -0.2) is 0 Å². The van der Waals surface area contributed by atoms with Crippen LogP contribution < -0.4 is 0 Å². The Morgan fingerprint density at radius 3 is 2.50 bits per heavy atom. The molecule has 1 saturated heterocycles. The predicted octanol–water partition coefficient (Wildman–Crippen LogP) is 4.81. The van der Waals surface area contributed by atoms with E-state index < -0.39 is 0 Å². The van der Waals surface area contributed by atoms with Gasteiger partial charge in [0.2, 0.25) is 0 Å². The van der Waals surface area contributed by atoms with Crippen LogP contribution in [0.25, 0.3) is 0 Å². The largest absolute Gasteiger partial charge is 0.304 e. The van der Waals surface area contributed by atoms with Crippen molar-refractivity contribution in [2.75, 3.05) is 33.2 Å². The molecule has 36 heavy (non-hydrogen) atoms. The van der Waals surface area contributed by atoms with Gasteiger partial charge in [-0.3, -0.25) is 9.89 Å². The Labute approximate surface area is 215 Å². The zero-order valence-electron chi connectivity index (χ0n) is 21.9. The average molecular weight is 478 g/mol. The van der Waals surface area contributed by atoms with Gasteiger partial charge in [-0.2, -0.15) is 5.10 Å². The predicted molar refractivity (Wildman–Crippen MR) is 147 cm³/mol. The quantitative estimate of drug-likeness (QED) is 0.495. The van der Waals surface area contributed by atoms with Crippen LogP contribution in [0.3, 0.4) is 0 Å². The number of nitrogens with zero attached hydrogens (tertiary/aromatic N) is 5. The number of rotatable bonds is 5. The highest BCUT2D eigenvalue weighted by atomic mass is 15.2. The third-order valence-electron chi connectivity index (χ3n) is 6.99. The van der Waals surface area contributed by atoms with E-state index in [9.17, 15) is 0 Å². The van der Waals surface area contributed by atoms with Gasteiger partial charge in [-0.15, -0.1) is 5.10 Å². The number of fused-ring (bicyclic) bond motifs is 1. The van der Waals surface area contributed by atoms with Gasteiger partial charge in [0.25, 0.3) is 0 Å². The number of benzene rings is 2. The van der Waals surface area contributed by atoms with Crippen molar-refractivity contribution in [3.8, 4) is 11.8 Å². The second-order valence-electron chi connectivity index (χ2n) is 10.6. The molecule has 3 heterocycles. The van der Waals surface area contributed by atoms with Crippen molar-refractivity contribution in [1.29, 1.82) is 0 Å². The first-order chi connectivity index (χ1) is 17.4. The van der Waals surface area contributed by atoms with Crippen molar-refractivity contribution in [2.45, 2.75) is 40.2 Å². The summed E-state index contributed by atoms with van der Waals surface area (Å²) in [4.78, 5) is 9.91. The third-order valence-corrected chi connectivity index (χ3v) is 6.99. The summed E-state index contributed by atoms with van der Waals surface area (Å²) in [5.74, 6) is 7.08. The molecule has 1 aromatic heterocycles. The zero-order chi connectivity index (χ0) is 25.1. The van der Waals surface area contributed by atoms with E-state index in [1.54, 1.807) is 0 Å². The minimum atomic E-state index is 0.565. The summed E-state index contributed by atoms with van der Waals surface area (Å²) in [6.07, 6.45) is 1.80. The van der Waals surface area contributed by atoms with Gasteiger partial charge in [0.1, 0.15) is 5.69 Å². The van der Waals surface area contributed by atoms with Crippen LogP contribution in [-0.2, 0) is 19.4 Å². The van der Waals surface area contributed by atoms with Gasteiger partial charge in [-0.1, -0.05) is 44.0 Å². The van der Waals surface area contributed by atoms with Crippen molar-refractivity contribution in [3.63, 3.8) is 0 Å². The fraction of sp³-hybridized carbons (Fsp3) is 0.387. The van der Waals surface area contributed by atoms with Crippen molar-refractivity contribution in [1.82, 2.24) is 20.0 Å². The summed E-state index contributed by atoms with van der Waals surface area (Å²) < 4.78 is 0. The van der Waals surface area contributed by atoms with Crippen LogP contribution in [0.2, 0.25) is 0 Å². The van der Waals surface area contributed by atoms with Crippen LogP contribution in [0, 0.1) is 24.7 Å². The molecule has 2 aromatic carbocycles. The maximum atomic E-state index is 4.97. The molecule has 2 aliphatic heterocycles. The standard InChI is InChI=1S/C31H35N5/c1-22(2)17-29-11-10-28(33-34-29)9-8-25-19-26(7-5-23(25)3)31-20-27-18-24(6-12-30(27)32-31)21-36-15-13-35(4)14-16-36/h5-7,10-12,18-19,22H,13-17,20-21H2,1-4H3. The zero-order valence-corrected chi connectivity index (χ0v) is 21.9. The Morgan fingerprint density at radius 1 is 0.917 bits per heavy atom. The molecule has 5 heteroatoms. The number of hydrogen-bond acceptors (Lipinski definition) is 5. The van der Waals surface area contributed by atoms with E-state index in [1.807, 2.05) is 12.1 Å². The molecule has 0 amide bonds. The van der Waals surface area contributed by atoms with Gasteiger partial charge in [0, 0.05) is 44.7 Å². The monoisotopic (exact) mass is 477 g/mol. The number of aromatic nitrogens is 2. The molecule has 3 aromatic rings. The van der Waals surface area contributed by atoms with Crippen molar-refractivity contribution < 1.29 is 0 Å². The number of hydrogen-bond donors (Lipinski definition) is 0. The minimum Gasteiger partial charge on any atom is -0.304 e. The van der Waals surface area contributed by atoms with Gasteiger partial charge in [-0.05, 0) is 78.7 Å². The number of likely N-dealkylation sites (N-methyl/N-ethyl adjacent to an activating group) is 1. The SMILES string of the molecule is Cc1ccc(C2=Nc3ccc(CN4CCN(C)CC4)cc3C2)cc1C#Cc1ccc(CC(C)C)nn1. The Morgan fingerprint density at radius 2 is 1.75 bits per heavy atom. The van der Waals surface area contributed by atoms with Crippen molar-refractivity contribution >= 4 is 11.4 Å². The van der Waals surface area contributed by atoms with E-state index in [4.69, 9.17) is 4.99 Å². The molecule has 0 spiro atoms. The molecule has 0 unspecified atom stereocenters. The van der Waals surface area contributed by atoms with Crippen LogP contribution in [0.15, 0.2) is 53.5 Å². The number of piperazine rings is 1. The first-order valence-corrected chi connectivity index (χ1v) is 13.0. The normalized spacial score (nSPS) is 16.0. The van der Waals surface area contributed by atoms with E-state index in [2.05, 4.69) is 96.1 Å². The summed E-state index contributed by atoms with van der Waals surface area (Å²) in [6, 6.07) is 17.2. The molecule has 2 aliphatic rings. The number of aryl methyl sites for hydroxylation is 1. The van der Waals surface area contributed by atoms with E-state index in [0.29, 0.717) is 11.6 Å². The first kappa shape index (κ1) is 24.4. The van der Waals surface area contributed by atoms with Gasteiger partial charge >= 0.3 is 0 Å². The molecule has 0 saturated carbocycles. The lowest BCUT2D eigenvalue weighted by Gasteiger charge is -2.32. The summed E-state index contributed by atoms with van der Waals surface area (Å²) >= 11 is 0. The number of aliphatic imine (C=N–C) groups is 1. The minimum absolute atomic E-state index is 0.565. The smallest absolute Gasteiger partial charge is 0.136 e. The first-order valence-electron chi connectivity index (χ1n) is 13.0. The van der Waals surface area contributed by atoms with Crippen molar-refractivity contribution in [2.24, 2.45) is 10.9 Å². The highest BCUT2D eigenvalue weighted by Crippen LogP contribution is 2.30. The molecule has 0 aliphatic carbocycles. The summed E-state index contributed by atoms with van der Waals surface area (Å²) in [7, 11) is 2.20. The van der Waals surface area contributed by atoms with Gasteiger partial charge in [0.15, 0.2) is 0 Å². The van der Waals surface area contributed by atoms with E-state index in [1.165, 1.54) is 11.1 Å². The maximum Gasteiger partial charge on any atom is 0.136 e. The van der Waals surface area contributed by atoms with E-state index >= 15 is 0 Å². The fourth-order valence-corrected chi connectivity index (χ4v) is 4.81. The molecule has 0 N–H and O–H groups in total. The molecular weight excluding hydrogens is 442 g/mol. The molecule has 5 rings (SSSR count). The Balaban J connectivity index is 1.28. The van der Waals surface area contributed by atoms with Crippen LogP contribution in [-0.4, -0.2) is 58.9 Å². The Bertz CT molecular complexity index is 1320. The fourth-order valence-electron chi connectivity index (χ4n) is 4.81.